The van der Waals surface area contributed by atoms with Gasteiger partial charge in [-0.3, -0.25) is 0 Å². The predicted octanol–water partition coefficient (Wildman–Crippen LogP) is 3.11. The van der Waals surface area contributed by atoms with E-state index in [-0.39, 0.29) is 13.5 Å². The Morgan fingerprint density at radius 2 is 1.67 bits per heavy atom. The van der Waals surface area contributed by atoms with Gasteiger partial charge in [0.25, 0.3) is 0 Å². The smallest absolute Gasteiger partial charge is 0.00237 e. The van der Waals surface area contributed by atoms with E-state index in [0.717, 1.165) is 5.92 Å². The molecular weight excluding hydrogens is 243 g/mol. The van der Waals surface area contributed by atoms with Crippen molar-refractivity contribution in [2.24, 2.45) is 5.92 Å². The molecule has 0 N–H and O–H groups in total. The van der Waals surface area contributed by atoms with Gasteiger partial charge in [-0.2, -0.15) is 13.5 Å². The molecular formula is C7H15IS. The fourth-order valence-corrected chi connectivity index (χ4v) is 2.22. The zero-order valence-corrected chi connectivity index (χ0v) is 8.86. The number of halogens is 1. The summed E-state index contributed by atoms with van der Waals surface area (Å²) in [7, 11) is 0. The number of hydrogen-bond donors (Lipinski definition) is 0. The SMILES string of the molecule is ICC1CCCCC1.S. The van der Waals surface area contributed by atoms with Gasteiger partial charge >= 0.3 is 0 Å². The van der Waals surface area contributed by atoms with Crippen molar-refractivity contribution in [2.45, 2.75) is 32.1 Å². The van der Waals surface area contributed by atoms with Gasteiger partial charge in [-0.25, -0.2) is 0 Å². The highest BCUT2D eigenvalue weighted by Gasteiger charge is 2.10. The summed E-state index contributed by atoms with van der Waals surface area (Å²) in [6, 6.07) is 0. The molecule has 0 aromatic carbocycles. The molecule has 9 heavy (non-hydrogen) atoms. The maximum atomic E-state index is 2.51. The summed E-state index contributed by atoms with van der Waals surface area (Å²) >= 11 is 2.51. The van der Waals surface area contributed by atoms with Crippen LogP contribution in [-0.2, 0) is 0 Å². The van der Waals surface area contributed by atoms with Gasteiger partial charge in [-0.15, -0.1) is 0 Å². The third-order valence-corrected chi connectivity index (χ3v) is 3.19. The van der Waals surface area contributed by atoms with Crippen molar-refractivity contribution in [3.8, 4) is 0 Å². The first-order valence-electron chi connectivity index (χ1n) is 3.49. The molecule has 56 valence electrons. The summed E-state index contributed by atoms with van der Waals surface area (Å²) in [5.74, 6) is 1.07. The lowest BCUT2D eigenvalue weighted by Crippen LogP contribution is -2.06. The molecule has 0 atom stereocenters. The van der Waals surface area contributed by atoms with Gasteiger partial charge in [0.1, 0.15) is 0 Å². The molecule has 0 nitrogen and oxygen atoms in total. The number of alkyl halides is 1. The zero-order valence-electron chi connectivity index (χ0n) is 5.70. The lowest BCUT2D eigenvalue weighted by Gasteiger charge is -2.18. The first kappa shape index (κ1) is 10.1. The van der Waals surface area contributed by atoms with Crippen molar-refractivity contribution < 1.29 is 0 Å². The lowest BCUT2D eigenvalue weighted by atomic mass is 9.91. The van der Waals surface area contributed by atoms with E-state index < -0.39 is 0 Å². The molecule has 0 radical (unpaired) electrons. The fourth-order valence-electron chi connectivity index (χ4n) is 1.34. The van der Waals surface area contributed by atoms with Gasteiger partial charge in [-0.05, 0) is 18.8 Å². The molecule has 0 saturated heterocycles. The van der Waals surface area contributed by atoms with E-state index in [0.29, 0.717) is 0 Å². The average molecular weight is 258 g/mol. The molecule has 1 saturated carbocycles. The molecule has 1 aliphatic rings. The van der Waals surface area contributed by atoms with Gasteiger partial charge < -0.3 is 0 Å². The van der Waals surface area contributed by atoms with Crippen molar-refractivity contribution in [3.05, 3.63) is 0 Å². The maximum Gasteiger partial charge on any atom is 0.00237 e. The molecule has 0 amide bonds. The third-order valence-electron chi connectivity index (χ3n) is 1.94. The topological polar surface area (TPSA) is 0 Å². The van der Waals surface area contributed by atoms with Crippen LogP contribution in [0.3, 0.4) is 0 Å². The van der Waals surface area contributed by atoms with Crippen molar-refractivity contribution in [3.63, 3.8) is 0 Å². The minimum atomic E-state index is 0. The summed E-state index contributed by atoms with van der Waals surface area (Å²) in [5.41, 5.74) is 0. The van der Waals surface area contributed by atoms with E-state index in [1.54, 1.807) is 0 Å². The Balaban J connectivity index is 0.000000640. The van der Waals surface area contributed by atoms with Crippen LogP contribution in [0.5, 0.6) is 0 Å². The Bertz CT molecular complexity index is 59.9. The third kappa shape index (κ3) is 3.71. The van der Waals surface area contributed by atoms with Crippen LogP contribution in [0.4, 0.5) is 0 Å². The van der Waals surface area contributed by atoms with Gasteiger partial charge in [0.2, 0.25) is 0 Å². The average Bonchev–Trinajstić information content (AvgIpc) is 1.90. The highest BCUT2D eigenvalue weighted by atomic mass is 127. The monoisotopic (exact) mass is 258 g/mol. The van der Waals surface area contributed by atoms with Crippen LogP contribution in [0.25, 0.3) is 0 Å². The van der Waals surface area contributed by atoms with Gasteiger partial charge in [0.15, 0.2) is 0 Å². The van der Waals surface area contributed by atoms with Crippen LogP contribution in [0.1, 0.15) is 32.1 Å². The Hall–Kier alpha value is 1.08. The molecule has 0 aliphatic heterocycles. The highest BCUT2D eigenvalue weighted by Crippen LogP contribution is 2.24. The number of hydrogen-bond acceptors (Lipinski definition) is 0. The highest BCUT2D eigenvalue weighted by molar-refractivity contribution is 14.1. The minimum absolute atomic E-state index is 0. The van der Waals surface area contributed by atoms with E-state index in [4.69, 9.17) is 0 Å². The standard InChI is InChI=1S/C7H13I.H2S/c8-6-7-4-2-1-3-5-7;/h7H,1-6H2;1H2. The quantitative estimate of drug-likeness (QED) is 0.500. The molecule has 0 spiro atoms. The summed E-state index contributed by atoms with van der Waals surface area (Å²) < 4.78 is 1.39. The van der Waals surface area contributed by atoms with Crippen LogP contribution in [0.15, 0.2) is 0 Å². The van der Waals surface area contributed by atoms with Crippen molar-refractivity contribution >= 4 is 36.1 Å². The molecule has 0 heterocycles. The molecule has 0 bridgehead atoms. The minimum Gasteiger partial charge on any atom is -0.197 e. The van der Waals surface area contributed by atoms with Crippen molar-refractivity contribution in [1.29, 1.82) is 0 Å². The van der Waals surface area contributed by atoms with Crippen LogP contribution in [0, 0.1) is 5.92 Å². The zero-order chi connectivity index (χ0) is 5.82. The normalized spacial score (nSPS) is 21.0. The predicted molar refractivity (Wildman–Crippen MR) is 55.8 cm³/mol. The van der Waals surface area contributed by atoms with Gasteiger partial charge in [-0.1, -0.05) is 41.9 Å². The molecule has 0 unspecified atom stereocenters. The van der Waals surface area contributed by atoms with E-state index in [1.165, 1.54) is 36.5 Å². The summed E-state index contributed by atoms with van der Waals surface area (Å²) in [5, 5.41) is 0. The second kappa shape index (κ2) is 5.83. The van der Waals surface area contributed by atoms with Gasteiger partial charge in [0.05, 0.1) is 0 Å². The summed E-state index contributed by atoms with van der Waals surface area (Å²) in [4.78, 5) is 0. The Labute approximate surface area is 78.4 Å². The van der Waals surface area contributed by atoms with Crippen molar-refractivity contribution in [2.75, 3.05) is 4.43 Å². The first-order chi connectivity index (χ1) is 3.93. The van der Waals surface area contributed by atoms with Crippen LogP contribution in [-0.4, -0.2) is 4.43 Å². The maximum absolute atomic E-state index is 2.51. The second-order valence-corrected chi connectivity index (χ2v) is 3.54. The van der Waals surface area contributed by atoms with E-state index in [1.807, 2.05) is 0 Å². The molecule has 0 aromatic heterocycles. The Morgan fingerprint density at radius 3 is 2.00 bits per heavy atom. The van der Waals surface area contributed by atoms with Crippen LogP contribution in [0.2, 0.25) is 0 Å². The van der Waals surface area contributed by atoms with Gasteiger partial charge in [0, 0.05) is 4.43 Å². The van der Waals surface area contributed by atoms with Crippen LogP contribution >= 0.6 is 36.1 Å². The molecule has 2 heteroatoms. The Kier molecular flexibility index (Phi) is 6.53. The summed E-state index contributed by atoms with van der Waals surface area (Å²) in [6.07, 6.45) is 7.49. The molecule has 1 rings (SSSR count). The first-order valence-corrected chi connectivity index (χ1v) is 5.02. The second-order valence-electron chi connectivity index (χ2n) is 2.66. The largest absolute Gasteiger partial charge is 0.197 e. The van der Waals surface area contributed by atoms with Crippen molar-refractivity contribution in [1.82, 2.24) is 0 Å². The van der Waals surface area contributed by atoms with E-state index in [9.17, 15) is 0 Å². The fraction of sp³-hybridized carbons (Fsp3) is 1.00. The Morgan fingerprint density at radius 1 is 1.11 bits per heavy atom. The molecule has 0 aromatic rings. The molecule has 1 aliphatic carbocycles. The van der Waals surface area contributed by atoms with E-state index >= 15 is 0 Å². The molecule has 1 fully saturated rings. The van der Waals surface area contributed by atoms with Crippen LogP contribution < -0.4 is 0 Å². The summed E-state index contributed by atoms with van der Waals surface area (Å²) in [6.45, 7) is 0. The lowest BCUT2D eigenvalue weighted by molar-refractivity contribution is 0.395. The van der Waals surface area contributed by atoms with E-state index in [2.05, 4.69) is 22.6 Å². The number of rotatable bonds is 1.